The molecule has 0 fully saturated rings. The Labute approximate surface area is 101 Å². The van der Waals surface area contributed by atoms with Crippen LogP contribution in [0.3, 0.4) is 0 Å². The Hall–Kier alpha value is -1.42. The fourth-order valence-corrected chi connectivity index (χ4v) is 2.38. The van der Waals surface area contributed by atoms with Gasteiger partial charge in [0, 0.05) is 31.8 Å². The Morgan fingerprint density at radius 1 is 1.41 bits per heavy atom. The Bertz CT molecular complexity index is 429. The molecule has 17 heavy (non-hydrogen) atoms. The van der Waals surface area contributed by atoms with Crippen molar-refractivity contribution in [3.8, 4) is 0 Å². The van der Waals surface area contributed by atoms with Crippen molar-refractivity contribution in [2.45, 2.75) is 26.8 Å². The highest BCUT2D eigenvalue weighted by Gasteiger charge is 2.19. The number of fused-ring (bicyclic) bond motifs is 1. The molecule has 1 aromatic carbocycles. The van der Waals surface area contributed by atoms with E-state index in [2.05, 4.69) is 18.7 Å². The van der Waals surface area contributed by atoms with Crippen LogP contribution < -0.4 is 0 Å². The summed E-state index contributed by atoms with van der Waals surface area (Å²) in [5.74, 6) is 0.662. The zero-order valence-corrected chi connectivity index (χ0v) is 10.3. The fraction of sp³-hybridized carbons (Fsp3) is 0.538. The summed E-state index contributed by atoms with van der Waals surface area (Å²) < 4.78 is 0. The summed E-state index contributed by atoms with van der Waals surface area (Å²) in [5.41, 5.74) is 2.59. The van der Waals surface area contributed by atoms with Crippen LogP contribution in [0.2, 0.25) is 0 Å². The molecule has 0 bridgehead atoms. The zero-order valence-electron chi connectivity index (χ0n) is 10.3. The van der Waals surface area contributed by atoms with Crippen molar-refractivity contribution in [1.29, 1.82) is 0 Å². The molecular weight excluding hydrogens is 216 g/mol. The van der Waals surface area contributed by atoms with Crippen LogP contribution in [-0.4, -0.2) is 22.9 Å². The van der Waals surface area contributed by atoms with Crippen LogP contribution in [0.25, 0.3) is 0 Å². The van der Waals surface area contributed by atoms with Crippen LogP contribution in [0.15, 0.2) is 18.2 Å². The molecule has 92 valence electrons. The first-order valence-corrected chi connectivity index (χ1v) is 6.05. The lowest BCUT2D eigenvalue weighted by Gasteiger charge is -2.29. The van der Waals surface area contributed by atoms with E-state index >= 15 is 0 Å². The molecular formula is C13H18N2O2. The normalized spacial score (nSPS) is 15.9. The van der Waals surface area contributed by atoms with E-state index < -0.39 is 0 Å². The van der Waals surface area contributed by atoms with Crippen molar-refractivity contribution >= 4 is 5.69 Å². The molecule has 4 nitrogen and oxygen atoms in total. The van der Waals surface area contributed by atoms with Crippen LogP contribution >= 0.6 is 0 Å². The molecule has 0 spiro atoms. The number of hydrogen-bond donors (Lipinski definition) is 0. The maximum Gasteiger partial charge on any atom is 0.269 e. The maximum atomic E-state index is 10.7. The molecule has 0 saturated carbocycles. The lowest BCUT2D eigenvalue weighted by Crippen LogP contribution is -2.33. The standard InChI is InChI=1S/C13H18N2O2/c1-10(2)8-14-6-5-11-7-13(15(16)17)4-3-12(11)9-14/h3-4,7,10H,5-6,8-9H2,1-2H3. The van der Waals surface area contributed by atoms with Gasteiger partial charge in [-0.05, 0) is 23.5 Å². The molecule has 1 aromatic rings. The smallest absolute Gasteiger partial charge is 0.269 e. The van der Waals surface area contributed by atoms with Crippen molar-refractivity contribution in [2.75, 3.05) is 13.1 Å². The molecule has 0 aromatic heterocycles. The summed E-state index contributed by atoms with van der Waals surface area (Å²) in [6.07, 6.45) is 0.920. The largest absolute Gasteiger partial charge is 0.298 e. The van der Waals surface area contributed by atoms with E-state index in [-0.39, 0.29) is 10.6 Å². The van der Waals surface area contributed by atoms with E-state index in [0.29, 0.717) is 5.92 Å². The average molecular weight is 234 g/mol. The van der Waals surface area contributed by atoms with Crippen LogP contribution in [0.5, 0.6) is 0 Å². The number of rotatable bonds is 3. The minimum absolute atomic E-state index is 0.209. The number of hydrogen-bond acceptors (Lipinski definition) is 3. The van der Waals surface area contributed by atoms with Gasteiger partial charge in [-0.25, -0.2) is 0 Å². The second-order valence-corrected chi connectivity index (χ2v) is 5.09. The van der Waals surface area contributed by atoms with Crippen LogP contribution in [0, 0.1) is 16.0 Å². The number of nitrogens with zero attached hydrogens (tertiary/aromatic N) is 2. The van der Waals surface area contributed by atoms with Crippen molar-refractivity contribution in [3.05, 3.63) is 39.4 Å². The van der Waals surface area contributed by atoms with Gasteiger partial charge in [0.2, 0.25) is 0 Å². The second kappa shape index (κ2) is 4.84. The first-order valence-electron chi connectivity index (χ1n) is 6.05. The van der Waals surface area contributed by atoms with Gasteiger partial charge in [-0.1, -0.05) is 19.9 Å². The van der Waals surface area contributed by atoms with Crippen LogP contribution in [0.1, 0.15) is 25.0 Å². The molecule has 1 aliphatic rings. The third-order valence-electron chi connectivity index (χ3n) is 3.12. The Morgan fingerprint density at radius 3 is 2.82 bits per heavy atom. The Morgan fingerprint density at radius 2 is 2.18 bits per heavy atom. The highest BCUT2D eigenvalue weighted by Crippen LogP contribution is 2.24. The van der Waals surface area contributed by atoms with Crippen LogP contribution in [-0.2, 0) is 13.0 Å². The van der Waals surface area contributed by atoms with Gasteiger partial charge in [0.25, 0.3) is 5.69 Å². The lowest BCUT2D eigenvalue weighted by molar-refractivity contribution is -0.384. The van der Waals surface area contributed by atoms with Crippen molar-refractivity contribution in [2.24, 2.45) is 5.92 Å². The minimum Gasteiger partial charge on any atom is -0.298 e. The van der Waals surface area contributed by atoms with Gasteiger partial charge in [0.05, 0.1) is 4.92 Å². The van der Waals surface area contributed by atoms with Gasteiger partial charge >= 0.3 is 0 Å². The summed E-state index contributed by atoms with van der Waals surface area (Å²) in [4.78, 5) is 12.8. The van der Waals surface area contributed by atoms with E-state index in [4.69, 9.17) is 0 Å². The number of nitro benzene ring substituents is 1. The minimum atomic E-state index is -0.319. The summed E-state index contributed by atoms with van der Waals surface area (Å²) in [7, 11) is 0. The fourth-order valence-electron chi connectivity index (χ4n) is 2.38. The van der Waals surface area contributed by atoms with Crippen molar-refractivity contribution in [3.63, 3.8) is 0 Å². The van der Waals surface area contributed by atoms with Crippen molar-refractivity contribution < 1.29 is 4.92 Å². The summed E-state index contributed by atoms with van der Waals surface area (Å²) in [6.45, 7) is 7.45. The van der Waals surface area contributed by atoms with E-state index in [1.807, 2.05) is 6.07 Å². The Balaban J connectivity index is 2.14. The number of benzene rings is 1. The van der Waals surface area contributed by atoms with E-state index in [0.717, 1.165) is 31.6 Å². The van der Waals surface area contributed by atoms with Crippen molar-refractivity contribution in [1.82, 2.24) is 4.90 Å². The second-order valence-electron chi connectivity index (χ2n) is 5.09. The van der Waals surface area contributed by atoms with E-state index in [9.17, 15) is 10.1 Å². The number of nitro groups is 1. The Kier molecular flexibility index (Phi) is 3.43. The predicted octanol–water partition coefficient (Wildman–Crippen LogP) is 2.61. The molecule has 1 aliphatic heterocycles. The van der Waals surface area contributed by atoms with Gasteiger partial charge in [0.1, 0.15) is 0 Å². The molecule has 4 heteroatoms. The van der Waals surface area contributed by atoms with Gasteiger partial charge < -0.3 is 0 Å². The molecule has 0 saturated heterocycles. The quantitative estimate of drug-likeness (QED) is 0.596. The van der Waals surface area contributed by atoms with Gasteiger partial charge in [-0.2, -0.15) is 0 Å². The average Bonchev–Trinajstić information content (AvgIpc) is 2.27. The van der Waals surface area contributed by atoms with Gasteiger partial charge in [-0.15, -0.1) is 0 Å². The monoisotopic (exact) mass is 234 g/mol. The van der Waals surface area contributed by atoms with Gasteiger partial charge in [0.15, 0.2) is 0 Å². The summed E-state index contributed by atoms with van der Waals surface area (Å²) in [6, 6.07) is 5.24. The summed E-state index contributed by atoms with van der Waals surface area (Å²) in [5, 5.41) is 10.7. The molecule has 0 N–H and O–H groups in total. The zero-order chi connectivity index (χ0) is 12.4. The highest BCUT2D eigenvalue weighted by molar-refractivity contribution is 5.41. The SMILES string of the molecule is CC(C)CN1CCc2cc([N+](=O)[O-])ccc2C1. The molecule has 2 rings (SSSR count). The third-order valence-corrected chi connectivity index (χ3v) is 3.12. The van der Waals surface area contributed by atoms with Crippen LogP contribution in [0.4, 0.5) is 5.69 Å². The molecule has 0 aliphatic carbocycles. The molecule has 0 amide bonds. The highest BCUT2D eigenvalue weighted by atomic mass is 16.6. The summed E-state index contributed by atoms with van der Waals surface area (Å²) >= 11 is 0. The maximum absolute atomic E-state index is 10.7. The molecule has 1 heterocycles. The lowest BCUT2D eigenvalue weighted by atomic mass is 9.98. The molecule has 0 unspecified atom stereocenters. The van der Waals surface area contributed by atoms with E-state index in [1.165, 1.54) is 5.56 Å². The molecule has 0 atom stereocenters. The molecule has 0 radical (unpaired) electrons. The van der Waals surface area contributed by atoms with Gasteiger partial charge in [-0.3, -0.25) is 15.0 Å². The topological polar surface area (TPSA) is 46.4 Å². The first kappa shape index (κ1) is 12.0. The number of non-ortho nitro benzene ring substituents is 1. The predicted molar refractivity (Wildman–Crippen MR) is 66.9 cm³/mol. The van der Waals surface area contributed by atoms with E-state index in [1.54, 1.807) is 12.1 Å². The first-order chi connectivity index (χ1) is 8.06. The third kappa shape index (κ3) is 2.82.